The van der Waals surface area contributed by atoms with E-state index in [2.05, 4.69) is 10.6 Å². The number of hydrogen-bond acceptors (Lipinski definition) is 3. The number of para-hydroxylation sites is 1. The first-order valence-electron chi connectivity index (χ1n) is 4.53. The molecule has 1 aliphatic rings. The Bertz CT molecular complexity index is 309. The number of carbonyl (C=O) groups is 1. The molecule has 1 aromatic rings. The summed E-state index contributed by atoms with van der Waals surface area (Å²) in [7, 11) is 0. The van der Waals surface area contributed by atoms with Gasteiger partial charge in [-0.3, -0.25) is 10.1 Å². The summed E-state index contributed by atoms with van der Waals surface area (Å²) in [6, 6.07) is 9.48. The molecule has 2 rings (SSSR count). The van der Waals surface area contributed by atoms with E-state index in [1.165, 1.54) is 0 Å². The minimum Gasteiger partial charge on any atom is -0.325 e. The molecule has 0 aliphatic carbocycles. The fourth-order valence-electron chi connectivity index (χ4n) is 1.31. The van der Waals surface area contributed by atoms with E-state index in [0.29, 0.717) is 0 Å². The lowest BCUT2D eigenvalue weighted by Crippen LogP contribution is -2.37. The molecule has 1 saturated heterocycles. The van der Waals surface area contributed by atoms with Crippen LogP contribution in [0.2, 0.25) is 0 Å². The van der Waals surface area contributed by atoms with Crippen molar-refractivity contribution in [2.45, 2.75) is 6.04 Å². The van der Waals surface area contributed by atoms with Crippen molar-refractivity contribution < 1.29 is 4.79 Å². The number of hydrogen-bond donors (Lipinski definition) is 2. The van der Waals surface area contributed by atoms with Gasteiger partial charge in [-0.05, 0) is 12.1 Å². The monoisotopic (exact) mass is 208 g/mol. The van der Waals surface area contributed by atoms with E-state index in [9.17, 15) is 4.79 Å². The van der Waals surface area contributed by atoms with E-state index >= 15 is 0 Å². The van der Waals surface area contributed by atoms with Crippen molar-refractivity contribution in [3.8, 4) is 0 Å². The van der Waals surface area contributed by atoms with Gasteiger partial charge in [0.1, 0.15) is 0 Å². The van der Waals surface area contributed by atoms with E-state index in [-0.39, 0.29) is 11.9 Å². The van der Waals surface area contributed by atoms with Crippen LogP contribution in [0.15, 0.2) is 30.3 Å². The van der Waals surface area contributed by atoms with Gasteiger partial charge in [0.25, 0.3) is 0 Å². The zero-order chi connectivity index (χ0) is 9.80. The Kier molecular flexibility index (Phi) is 3.06. The molecule has 0 aromatic heterocycles. The zero-order valence-corrected chi connectivity index (χ0v) is 8.51. The standard InChI is InChI=1S/C10H12N2OS/c13-10(9-6-14-7-11-9)12-8-4-2-1-3-5-8/h1-5,9,11H,6-7H2,(H,12,13)/t9-/m0/s1. The minimum atomic E-state index is -0.0415. The molecule has 0 spiro atoms. The summed E-state index contributed by atoms with van der Waals surface area (Å²) in [6.45, 7) is 0. The molecule has 0 radical (unpaired) electrons. The highest BCUT2D eigenvalue weighted by Gasteiger charge is 2.22. The summed E-state index contributed by atoms with van der Waals surface area (Å²) in [5.41, 5.74) is 0.858. The van der Waals surface area contributed by atoms with Crippen LogP contribution in [0, 0.1) is 0 Å². The normalized spacial score (nSPS) is 20.7. The fourth-order valence-corrected chi connectivity index (χ4v) is 2.26. The van der Waals surface area contributed by atoms with Crippen molar-refractivity contribution in [3.63, 3.8) is 0 Å². The summed E-state index contributed by atoms with van der Waals surface area (Å²) in [5, 5.41) is 6.00. The molecule has 1 atom stereocenters. The third-order valence-corrected chi connectivity index (χ3v) is 3.01. The second-order valence-corrected chi connectivity index (χ2v) is 4.16. The van der Waals surface area contributed by atoms with E-state index < -0.39 is 0 Å². The van der Waals surface area contributed by atoms with Gasteiger partial charge in [-0.15, -0.1) is 11.8 Å². The van der Waals surface area contributed by atoms with E-state index in [4.69, 9.17) is 0 Å². The predicted molar refractivity (Wildman–Crippen MR) is 59.3 cm³/mol. The van der Waals surface area contributed by atoms with Gasteiger partial charge in [0, 0.05) is 17.3 Å². The molecule has 3 nitrogen and oxygen atoms in total. The summed E-state index contributed by atoms with van der Waals surface area (Å²) >= 11 is 1.75. The molecule has 4 heteroatoms. The van der Waals surface area contributed by atoms with Gasteiger partial charge in [-0.2, -0.15) is 0 Å². The number of benzene rings is 1. The number of rotatable bonds is 2. The van der Waals surface area contributed by atoms with E-state index in [1.807, 2.05) is 30.3 Å². The lowest BCUT2D eigenvalue weighted by Gasteiger charge is -2.09. The third kappa shape index (κ3) is 2.27. The van der Waals surface area contributed by atoms with Gasteiger partial charge in [0.2, 0.25) is 5.91 Å². The Hall–Kier alpha value is -1.00. The lowest BCUT2D eigenvalue weighted by molar-refractivity contribution is -0.117. The minimum absolute atomic E-state index is 0.0415. The van der Waals surface area contributed by atoms with Crippen molar-refractivity contribution >= 4 is 23.4 Å². The van der Waals surface area contributed by atoms with Gasteiger partial charge in [0.15, 0.2) is 0 Å². The number of carbonyl (C=O) groups excluding carboxylic acids is 1. The molecule has 0 bridgehead atoms. The Morgan fingerprint density at radius 1 is 1.43 bits per heavy atom. The third-order valence-electron chi connectivity index (χ3n) is 2.07. The molecule has 74 valence electrons. The van der Waals surface area contributed by atoms with Crippen LogP contribution in [0.25, 0.3) is 0 Å². The molecule has 1 amide bonds. The smallest absolute Gasteiger partial charge is 0.242 e. The SMILES string of the molecule is O=C(Nc1ccccc1)[C@@H]1CSCN1. The summed E-state index contributed by atoms with van der Waals surface area (Å²) in [6.07, 6.45) is 0. The first-order valence-corrected chi connectivity index (χ1v) is 5.69. The van der Waals surface area contributed by atoms with E-state index in [1.54, 1.807) is 11.8 Å². The van der Waals surface area contributed by atoms with Crippen LogP contribution in [0.1, 0.15) is 0 Å². The van der Waals surface area contributed by atoms with Crippen LogP contribution in [0.4, 0.5) is 5.69 Å². The highest BCUT2D eigenvalue weighted by molar-refractivity contribution is 7.99. The van der Waals surface area contributed by atoms with E-state index in [0.717, 1.165) is 17.3 Å². The summed E-state index contributed by atoms with van der Waals surface area (Å²) < 4.78 is 0. The summed E-state index contributed by atoms with van der Waals surface area (Å²) in [5.74, 6) is 1.78. The Morgan fingerprint density at radius 3 is 2.86 bits per heavy atom. The number of thioether (sulfide) groups is 1. The van der Waals surface area contributed by atoms with Crippen LogP contribution < -0.4 is 10.6 Å². The maximum Gasteiger partial charge on any atom is 0.242 e. The second-order valence-electron chi connectivity index (χ2n) is 3.13. The molecule has 1 aromatic carbocycles. The Labute approximate surface area is 87.3 Å². The number of nitrogens with one attached hydrogen (secondary N) is 2. The molecule has 2 N–H and O–H groups in total. The van der Waals surface area contributed by atoms with Crippen molar-refractivity contribution in [1.29, 1.82) is 0 Å². The molecule has 0 saturated carbocycles. The molecule has 1 heterocycles. The first kappa shape index (κ1) is 9.55. The maximum absolute atomic E-state index is 11.6. The van der Waals surface area contributed by atoms with Gasteiger partial charge in [-0.1, -0.05) is 18.2 Å². The molecule has 0 unspecified atom stereocenters. The number of anilines is 1. The maximum atomic E-state index is 11.6. The van der Waals surface area contributed by atoms with Gasteiger partial charge < -0.3 is 5.32 Å². The number of amides is 1. The van der Waals surface area contributed by atoms with Crippen LogP contribution in [0.3, 0.4) is 0 Å². The largest absolute Gasteiger partial charge is 0.325 e. The first-order chi connectivity index (χ1) is 6.86. The fraction of sp³-hybridized carbons (Fsp3) is 0.300. The Balaban J connectivity index is 1.94. The second kappa shape index (κ2) is 4.48. The van der Waals surface area contributed by atoms with Crippen molar-refractivity contribution in [2.24, 2.45) is 0 Å². The highest BCUT2D eigenvalue weighted by atomic mass is 32.2. The molecular formula is C10H12N2OS. The Morgan fingerprint density at radius 2 is 2.21 bits per heavy atom. The quantitative estimate of drug-likeness (QED) is 0.769. The van der Waals surface area contributed by atoms with Crippen LogP contribution in [-0.4, -0.2) is 23.6 Å². The van der Waals surface area contributed by atoms with Gasteiger partial charge in [0.05, 0.1) is 6.04 Å². The average molecular weight is 208 g/mol. The van der Waals surface area contributed by atoms with Crippen molar-refractivity contribution in [3.05, 3.63) is 30.3 Å². The lowest BCUT2D eigenvalue weighted by atomic mass is 10.3. The van der Waals surface area contributed by atoms with Crippen LogP contribution in [0.5, 0.6) is 0 Å². The van der Waals surface area contributed by atoms with Crippen molar-refractivity contribution in [1.82, 2.24) is 5.32 Å². The average Bonchev–Trinajstić information content (AvgIpc) is 2.72. The molecule has 1 aliphatic heterocycles. The predicted octanol–water partition coefficient (Wildman–Crippen LogP) is 1.29. The van der Waals surface area contributed by atoms with Gasteiger partial charge >= 0.3 is 0 Å². The van der Waals surface area contributed by atoms with Gasteiger partial charge in [-0.25, -0.2) is 0 Å². The van der Waals surface area contributed by atoms with Crippen LogP contribution in [-0.2, 0) is 4.79 Å². The molecular weight excluding hydrogens is 196 g/mol. The zero-order valence-electron chi connectivity index (χ0n) is 7.69. The molecule has 1 fully saturated rings. The molecule has 14 heavy (non-hydrogen) atoms. The highest BCUT2D eigenvalue weighted by Crippen LogP contribution is 2.12. The topological polar surface area (TPSA) is 41.1 Å². The van der Waals surface area contributed by atoms with Crippen molar-refractivity contribution in [2.75, 3.05) is 16.9 Å². The van der Waals surface area contributed by atoms with Crippen LogP contribution >= 0.6 is 11.8 Å². The summed E-state index contributed by atoms with van der Waals surface area (Å²) in [4.78, 5) is 11.6.